The van der Waals surface area contributed by atoms with Crippen molar-refractivity contribution in [2.24, 2.45) is 0 Å². The van der Waals surface area contributed by atoms with Gasteiger partial charge in [0.25, 0.3) is 0 Å². The molecule has 0 radical (unpaired) electrons. The van der Waals surface area contributed by atoms with E-state index in [1.807, 2.05) is 0 Å². The van der Waals surface area contributed by atoms with Crippen LogP contribution >= 0.6 is 0 Å². The van der Waals surface area contributed by atoms with Crippen LogP contribution in [0.15, 0.2) is 36.9 Å². The van der Waals surface area contributed by atoms with Crippen LogP contribution < -0.4 is 4.74 Å². The molecule has 1 aromatic carbocycles. The van der Waals surface area contributed by atoms with Crippen LogP contribution in [0.3, 0.4) is 0 Å². The summed E-state index contributed by atoms with van der Waals surface area (Å²) in [5.74, 6) is -1.23. The molecule has 5 nitrogen and oxygen atoms in total. The van der Waals surface area contributed by atoms with Crippen molar-refractivity contribution in [2.45, 2.75) is 0 Å². The monoisotopic (exact) mass is 303 g/mol. The SMILES string of the molecule is COCOc1cccc(F)c1-c1ncc2cncnc2c1F. The zero-order chi connectivity index (χ0) is 15.5. The van der Waals surface area contributed by atoms with Gasteiger partial charge >= 0.3 is 0 Å². The van der Waals surface area contributed by atoms with Gasteiger partial charge in [-0.05, 0) is 12.1 Å². The Hall–Kier alpha value is -2.67. The van der Waals surface area contributed by atoms with E-state index in [9.17, 15) is 8.78 Å². The number of methoxy groups -OCH3 is 1. The molecular formula is C15H11F2N3O2. The summed E-state index contributed by atoms with van der Waals surface area (Å²) in [5.41, 5.74) is -0.172. The van der Waals surface area contributed by atoms with E-state index in [2.05, 4.69) is 15.0 Å². The van der Waals surface area contributed by atoms with Crippen LogP contribution in [0.2, 0.25) is 0 Å². The molecule has 0 bridgehead atoms. The van der Waals surface area contributed by atoms with Crippen molar-refractivity contribution >= 4 is 10.9 Å². The molecule has 2 aromatic heterocycles. The van der Waals surface area contributed by atoms with Gasteiger partial charge in [0.2, 0.25) is 0 Å². The Morgan fingerprint density at radius 2 is 2.00 bits per heavy atom. The van der Waals surface area contributed by atoms with Gasteiger partial charge in [0.05, 0.1) is 5.56 Å². The molecule has 0 N–H and O–H groups in total. The van der Waals surface area contributed by atoms with Crippen LogP contribution in [0.5, 0.6) is 5.75 Å². The van der Waals surface area contributed by atoms with E-state index >= 15 is 0 Å². The van der Waals surface area contributed by atoms with Crippen molar-refractivity contribution < 1.29 is 18.3 Å². The highest BCUT2D eigenvalue weighted by molar-refractivity contribution is 5.83. The highest BCUT2D eigenvalue weighted by Gasteiger charge is 2.20. The molecule has 0 saturated carbocycles. The fourth-order valence-corrected chi connectivity index (χ4v) is 2.07. The molecule has 0 aliphatic heterocycles. The number of hydrogen-bond donors (Lipinski definition) is 0. The molecule has 7 heteroatoms. The summed E-state index contributed by atoms with van der Waals surface area (Å²) in [6, 6.07) is 4.19. The number of pyridine rings is 1. The fourth-order valence-electron chi connectivity index (χ4n) is 2.07. The summed E-state index contributed by atoms with van der Waals surface area (Å²) >= 11 is 0. The smallest absolute Gasteiger partial charge is 0.188 e. The number of ether oxygens (including phenoxy) is 2. The largest absolute Gasteiger partial charge is 0.467 e. The maximum absolute atomic E-state index is 14.6. The molecule has 0 fully saturated rings. The van der Waals surface area contributed by atoms with Gasteiger partial charge in [0, 0.05) is 24.9 Å². The second kappa shape index (κ2) is 5.98. The molecule has 0 saturated heterocycles. The maximum atomic E-state index is 14.6. The first-order valence-electron chi connectivity index (χ1n) is 6.37. The number of halogens is 2. The summed E-state index contributed by atoms with van der Waals surface area (Å²) in [6.45, 7) is -0.0895. The van der Waals surface area contributed by atoms with Gasteiger partial charge in [-0.15, -0.1) is 0 Å². The van der Waals surface area contributed by atoms with Crippen LogP contribution in [0.1, 0.15) is 0 Å². The Balaban J connectivity index is 2.21. The molecule has 2 heterocycles. The second-order valence-electron chi connectivity index (χ2n) is 4.41. The molecule has 22 heavy (non-hydrogen) atoms. The molecule has 0 amide bonds. The molecule has 112 valence electrons. The number of hydrogen-bond acceptors (Lipinski definition) is 5. The fraction of sp³-hybridized carbons (Fsp3) is 0.133. The van der Waals surface area contributed by atoms with E-state index in [-0.39, 0.29) is 29.3 Å². The van der Waals surface area contributed by atoms with E-state index in [0.717, 1.165) is 0 Å². The lowest BCUT2D eigenvalue weighted by atomic mass is 10.1. The Morgan fingerprint density at radius 1 is 1.14 bits per heavy atom. The predicted octanol–water partition coefficient (Wildman–Crippen LogP) is 2.95. The van der Waals surface area contributed by atoms with Gasteiger partial charge in [0.15, 0.2) is 12.6 Å². The lowest BCUT2D eigenvalue weighted by Gasteiger charge is -2.12. The first kappa shape index (κ1) is 14.3. The second-order valence-corrected chi connectivity index (χ2v) is 4.41. The zero-order valence-electron chi connectivity index (χ0n) is 11.6. The molecule has 3 rings (SSSR count). The van der Waals surface area contributed by atoms with Crippen LogP contribution in [0.4, 0.5) is 8.78 Å². The summed E-state index contributed by atoms with van der Waals surface area (Å²) in [4.78, 5) is 11.7. The van der Waals surface area contributed by atoms with Crippen LogP contribution in [0.25, 0.3) is 22.2 Å². The minimum Gasteiger partial charge on any atom is -0.467 e. The third-order valence-corrected chi connectivity index (χ3v) is 3.03. The Morgan fingerprint density at radius 3 is 2.82 bits per heavy atom. The Labute approximate surface area is 124 Å². The molecule has 3 aromatic rings. The number of rotatable bonds is 4. The maximum Gasteiger partial charge on any atom is 0.188 e. The van der Waals surface area contributed by atoms with Crippen molar-refractivity contribution in [3.8, 4) is 17.0 Å². The molecule has 0 aliphatic rings. The third-order valence-electron chi connectivity index (χ3n) is 3.03. The van der Waals surface area contributed by atoms with Gasteiger partial charge in [0.1, 0.15) is 29.1 Å². The number of nitrogens with zero attached hydrogens (tertiary/aromatic N) is 3. The van der Waals surface area contributed by atoms with Crippen LogP contribution in [-0.2, 0) is 4.74 Å². The summed E-state index contributed by atoms with van der Waals surface area (Å²) in [7, 11) is 1.44. The van der Waals surface area contributed by atoms with Crippen LogP contribution in [-0.4, -0.2) is 28.9 Å². The van der Waals surface area contributed by atoms with Gasteiger partial charge in [-0.1, -0.05) is 6.07 Å². The van der Waals surface area contributed by atoms with Gasteiger partial charge in [-0.25, -0.2) is 18.7 Å². The lowest BCUT2D eigenvalue weighted by Crippen LogP contribution is -2.03. The number of benzene rings is 1. The van der Waals surface area contributed by atoms with Gasteiger partial charge in [-0.3, -0.25) is 4.98 Å². The average Bonchev–Trinajstić information content (AvgIpc) is 2.54. The van der Waals surface area contributed by atoms with E-state index in [1.165, 1.54) is 44.0 Å². The van der Waals surface area contributed by atoms with E-state index in [1.54, 1.807) is 0 Å². The summed E-state index contributed by atoms with van der Waals surface area (Å²) < 4.78 is 38.9. The number of fused-ring (bicyclic) bond motifs is 1. The Kier molecular flexibility index (Phi) is 3.88. The van der Waals surface area contributed by atoms with E-state index < -0.39 is 11.6 Å². The average molecular weight is 303 g/mol. The normalized spacial score (nSPS) is 10.9. The van der Waals surface area contributed by atoms with E-state index in [4.69, 9.17) is 9.47 Å². The quantitative estimate of drug-likeness (QED) is 0.694. The van der Waals surface area contributed by atoms with Gasteiger partial charge in [-0.2, -0.15) is 0 Å². The summed E-state index contributed by atoms with van der Waals surface area (Å²) in [5, 5.41) is 0.430. The highest BCUT2D eigenvalue weighted by atomic mass is 19.1. The lowest BCUT2D eigenvalue weighted by molar-refractivity contribution is 0.0513. The van der Waals surface area contributed by atoms with E-state index in [0.29, 0.717) is 5.39 Å². The van der Waals surface area contributed by atoms with Crippen LogP contribution in [0, 0.1) is 11.6 Å². The molecule has 0 atom stereocenters. The molecule has 0 unspecified atom stereocenters. The van der Waals surface area contributed by atoms with Gasteiger partial charge < -0.3 is 9.47 Å². The predicted molar refractivity (Wildman–Crippen MR) is 75.2 cm³/mol. The van der Waals surface area contributed by atoms with Crippen molar-refractivity contribution in [1.29, 1.82) is 0 Å². The molecular weight excluding hydrogens is 292 g/mol. The molecule has 0 spiro atoms. The summed E-state index contributed by atoms with van der Waals surface area (Å²) in [6.07, 6.45) is 4.05. The number of aromatic nitrogens is 3. The third kappa shape index (κ3) is 2.46. The van der Waals surface area contributed by atoms with Crippen molar-refractivity contribution in [2.75, 3.05) is 13.9 Å². The Bertz CT molecular complexity index is 827. The van der Waals surface area contributed by atoms with Crippen molar-refractivity contribution in [3.05, 3.63) is 48.6 Å². The first-order valence-corrected chi connectivity index (χ1v) is 6.37. The molecule has 0 aliphatic carbocycles. The first-order chi connectivity index (χ1) is 10.7. The highest BCUT2D eigenvalue weighted by Crippen LogP contribution is 2.34. The standard InChI is InChI=1S/C15H11F2N3O2/c1-21-8-22-11-4-2-3-10(16)12(11)15-13(17)14-9(6-19-15)5-18-7-20-14/h2-7H,8H2,1H3. The minimum absolute atomic E-state index is 0.0703. The van der Waals surface area contributed by atoms with Crippen molar-refractivity contribution in [3.63, 3.8) is 0 Å². The zero-order valence-corrected chi connectivity index (χ0v) is 11.6. The minimum atomic E-state index is -0.729. The van der Waals surface area contributed by atoms with Crippen molar-refractivity contribution in [1.82, 2.24) is 15.0 Å². The topological polar surface area (TPSA) is 57.1 Å².